The molecule has 0 bridgehead atoms. The van der Waals surface area contributed by atoms with E-state index in [-0.39, 0.29) is 32.1 Å². The monoisotopic (exact) mass is 404 g/mol. The minimum absolute atomic E-state index is 0.0452. The quantitative estimate of drug-likeness (QED) is 0.699. The van der Waals surface area contributed by atoms with E-state index in [1.165, 1.54) is 0 Å². The van der Waals surface area contributed by atoms with Gasteiger partial charge < -0.3 is 9.64 Å². The molecule has 1 aliphatic heterocycles. The molecule has 0 saturated carbocycles. The average molecular weight is 404 g/mol. The second-order valence-electron chi connectivity index (χ2n) is 7.00. The van der Waals surface area contributed by atoms with Crippen LogP contribution in [0.15, 0.2) is 23.1 Å². The lowest BCUT2D eigenvalue weighted by Crippen LogP contribution is -2.52. The Hall–Kier alpha value is -1.58. The largest absolute Gasteiger partial charge is 0.369 e. The first-order valence-corrected chi connectivity index (χ1v) is 10.4. The second kappa shape index (κ2) is 9.07. The number of piperazine rings is 1. The third kappa shape index (κ3) is 5.46. The van der Waals surface area contributed by atoms with Crippen LogP contribution in [0.3, 0.4) is 0 Å². The van der Waals surface area contributed by atoms with E-state index in [4.69, 9.17) is 4.74 Å². The van der Waals surface area contributed by atoms with Crippen LogP contribution in [0.2, 0.25) is 0 Å². The molecule has 0 radical (unpaired) electrons. The maximum Gasteiger partial charge on any atom is 0.251 e. The van der Waals surface area contributed by atoms with Gasteiger partial charge >= 0.3 is 0 Å². The first-order chi connectivity index (χ1) is 12.6. The normalized spacial score (nSPS) is 17.3. The summed E-state index contributed by atoms with van der Waals surface area (Å²) < 4.78 is 58.7. The summed E-state index contributed by atoms with van der Waals surface area (Å²) in [5.74, 6) is -1.68. The number of hydrogen-bond acceptors (Lipinski definition) is 4. The highest BCUT2D eigenvalue weighted by Gasteiger charge is 2.33. The lowest BCUT2D eigenvalue weighted by Gasteiger charge is -2.35. The fourth-order valence-corrected chi connectivity index (χ4v) is 4.25. The van der Waals surface area contributed by atoms with E-state index in [1.54, 1.807) is 11.8 Å². The van der Waals surface area contributed by atoms with Crippen molar-refractivity contribution in [1.29, 1.82) is 0 Å². The van der Waals surface area contributed by atoms with Crippen LogP contribution < -0.4 is 0 Å². The van der Waals surface area contributed by atoms with Gasteiger partial charge in [0.2, 0.25) is 10.0 Å². The molecule has 1 heterocycles. The molecule has 152 valence electrons. The molecule has 6 nitrogen and oxygen atoms in total. The first-order valence-electron chi connectivity index (χ1n) is 8.98. The fraction of sp³-hybridized carbons (Fsp3) is 0.611. The Balaban J connectivity index is 1.95. The summed E-state index contributed by atoms with van der Waals surface area (Å²) in [5, 5.41) is 0. The third-order valence-electron chi connectivity index (χ3n) is 4.47. The number of amides is 1. The molecule has 0 N–H and O–H groups in total. The van der Waals surface area contributed by atoms with Crippen LogP contribution in [0.4, 0.5) is 8.78 Å². The standard InChI is InChI=1S/C18H26F2N2O4S/c1-13(2)6-11-26-14(3)18(23)21-7-9-22(10-8-21)27(24,25)17-5-4-15(19)12-16(17)20/h4-5,12-14H,6-11H2,1-3H3. The zero-order valence-corrected chi connectivity index (χ0v) is 16.6. The lowest BCUT2D eigenvalue weighted by atomic mass is 10.1. The number of halogens is 2. The number of hydrogen-bond donors (Lipinski definition) is 0. The minimum Gasteiger partial charge on any atom is -0.369 e. The van der Waals surface area contributed by atoms with Crippen LogP contribution >= 0.6 is 0 Å². The van der Waals surface area contributed by atoms with Gasteiger partial charge in [-0.05, 0) is 31.4 Å². The molecule has 1 atom stereocenters. The van der Waals surface area contributed by atoms with Crippen molar-refractivity contribution >= 4 is 15.9 Å². The molecule has 1 fully saturated rings. The summed E-state index contributed by atoms with van der Waals surface area (Å²) in [6.45, 7) is 6.78. The summed E-state index contributed by atoms with van der Waals surface area (Å²) in [6, 6.07) is 2.37. The molecule has 1 amide bonds. The van der Waals surface area contributed by atoms with Gasteiger partial charge in [-0.3, -0.25) is 4.79 Å². The number of ether oxygens (including phenoxy) is 1. The molecule has 27 heavy (non-hydrogen) atoms. The molecule has 0 aliphatic carbocycles. The summed E-state index contributed by atoms with van der Waals surface area (Å²) in [4.78, 5) is 13.4. The Kier molecular flexibility index (Phi) is 7.30. The highest BCUT2D eigenvalue weighted by Crippen LogP contribution is 2.21. The van der Waals surface area contributed by atoms with Crippen molar-refractivity contribution in [3.63, 3.8) is 0 Å². The molecule has 9 heteroatoms. The summed E-state index contributed by atoms with van der Waals surface area (Å²) in [5.41, 5.74) is 0. The summed E-state index contributed by atoms with van der Waals surface area (Å²) in [7, 11) is -4.08. The van der Waals surface area contributed by atoms with E-state index in [0.717, 1.165) is 22.9 Å². The predicted molar refractivity (Wildman–Crippen MR) is 96.6 cm³/mol. The maximum absolute atomic E-state index is 13.9. The zero-order valence-electron chi connectivity index (χ0n) is 15.8. The van der Waals surface area contributed by atoms with Gasteiger partial charge in [0.05, 0.1) is 0 Å². The second-order valence-corrected chi connectivity index (χ2v) is 8.91. The van der Waals surface area contributed by atoms with Crippen molar-refractivity contribution in [3.05, 3.63) is 29.8 Å². The number of carbonyl (C=O) groups excluding carboxylic acids is 1. The Bertz CT molecular complexity index is 763. The number of benzene rings is 1. The van der Waals surface area contributed by atoms with Gasteiger partial charge in [0.25, 0.3) is 5.91 Å². The van der Waals surface area contributed by atoms with Gasteiger partial charge in [-0.2, -0.15) is 4.31 Å². The predicted octanol–water partition coefficient (Wildman–Crippen LogP) is 2.25. The molecular weight excluding hydrogens is 378 g/mol. The molecular formula is C18H26F2N2O4S. The smallest absolute Gasteiger partial charge is 0.251 e. The third-order valence-corrected chi connectivity index (χ3v) is 6.40. The van der Waals surface area contributed by atoms with Gasteiger partial charge in [-0.1, -0.05) is 13.8 Å². The van der Waals surface area contributed by atoms with E-state index >= 15 is 0 Å². The molecule has 2 rings (SSSR count). The van der Waals surface area contributed by atoms with Gasteiger partial charge in [-0.15, -0.1) is 0 Å². The molecule has 0 spiro atoms. The van der Waals surface area contributed by atoms with Gasteiger partial charge in [0.1, 0.15) is 22.6 Å². The first kappa shape index (κ1) is 21.7. The molecule has 1 aliphatic rings. The molecule has 1 unspecified atom stereocenters. The number of rotatable bonds is 7. The number of sulfonamides is 1. The Morgan fingerprint density at radius 2 is 1.78 bits per heavy atom. The van der Waals surface area contributed by atoms with Gasteiger partial charge in [-0.25, -0.2) is 17.2 Å². The van der Waals surface area contributed by atoms with Crippen molar-refractivity contribution in [2.45, 2.75) is 38.2 Å². The van der Waals surface area contributed by atoms with E-state index in [9.17, 15) is 22.0 Å². The Labute approximate surface area is 159 Å². The van der Waals surface area contributed by atoms with E-state index in [1.807, 2.05) is 0 Å². The number of carbonyl (C=O) groups is 1. The van der Waals surface area contributed by atoms with Crippen LogP contribution in [0.25, 0.3) is 0 Å². The van der Waals surface area contributed by atoms with Crippen molar-refractivity contribution in [2.24, 2.45) is 5.92 Å². The average Bonchev–Trinajstić information content (AvgIpc) is 2.60. The van der Waals surface area contributed by atoms with Crippen molar-refractivity contribution in [2.75, 3.05) is 32.8 Å². The molecule has 1 aromatic carbocycles. The molecule has 1 saturated heterocycles. The summed E-state index contributed by atoms with van der Waals surface area (Å²) >= 11 is 0. The van der Waals surface area contributed by atoms with Crippen LogP contribution in [-0.4, -0.2) is 62.4 Å². The van der Waals surface area contributed by atoms with Gasteiger partial charge in [0, 0.05) is 38.9 Å². The molecule has 1 aromatic rings. The van der Waals surface area contributed by atoms with Crippen LogP contribution in [0, 0.1) is 17.6 Å². The Morgan fingerprint density at radius 3 is 2.33 bits per heavy atom. The van der Waals surface area contributed by atoms with Crippen molar-refractivity contribution in [3.8, 4) is 0 Å². The Morgan fingerprint density at radius 1 is 1.15 bits per heavy atom. The lowest BCUT2D eigenvalue weighted by molar-refractivity contribution is -0.144. The van der Waals surface area contributed by atoms with Crippen LogP contribution in [0.1, 0.15) is 27.2 Å². The van der Waals surface area contributed by atoms with E-state index in [0.29, 0.717) is 18.6 Å². The van der Waals surface area contributed by atoms with Crippen LogP contribution in [0.5, 0.6) is 0 Å². The number of nitrogens with zero attached hydrogens (tertiary/aromatic N) is 2. The highest BCUT2D eigenvalue weighted by molar-refractivity contribution is 7.89. The van der Waals surface area contributed by atoms with Crippen LogP contribution in [-0.2, 0) is 19.6 Å². The highest BCUT2D eigenvalue weighted by atomic mass is 32.2. The minimum atomic E-state index is -4.08. The van der Waals surface area contributed by atoms with E-state index in [2.05, 4.69) is 13.8 Å². The molecule has 0 aromatic heterocycles. The SMILES string of the molecule is CC(C)CCOC(C)C(=O)N1CCN(S(=O)(=O)c2ccc(F)cc2F)CC1. The van der Waals surface area contributed by atoms with E-state index < -0.39 is 32.7 Å². The topological polar surface area (TPSA) is 66.9 Å². The summed E-state index contributed by atoms with van der Waals surface area (Å²) in [6.07, 6.45) is 0.258. The maximum atomic E-state index is 13.9. The van der Waals surface area contributed by atoms with Gasteiger partial charge in [0.15, 0.2) is 0 Å². The van der Waals surface area contributed by atoms with Crippen molar-refractivity contribution in [1.82, 2.24) is 9.21 Å². The van der Waals surface area contributed by atoms with Crippen molar-refractivity contribution < 1.29 is 26.7 Å². The zero-order chi connectivity index (χ0) is 20.2. The fourth-order valence-electron chi connectivity index (χ4n) is 2.78.